The molecule has 0 amide bonds. The van der Waals surface area contributed by atoms with E-state index >= 15 is 0 Å². The minimum Gasteiger partial charge on any atom is -0.314 e. The highest BCUT2D eigenvalue weighted by atomic mass is 15.1. The lowest BCUT2D eigenvalue weighted by Crippen LogP contribution is -2.26. The summed E-state index contributed by atoms with van der Waals surface area (Å²) in [5.74, 6) is 0. The molecule has 0 heterocycles. The van der Waals surface area contributed by atoms with E-state index < -0.39 is 0 Å². The van der Waals surface area contributed by atoms with Gasteiger partial charge < -0.3 is 4.90 Å². The van der Waals surface area contributed by atoms with Crippen LogP contribution in [0.3, 0.4) is 0 Å². The van der Waals surface area contributed by atoms with Crippen molar-refractivity contribution in [3.05, 3.63) is 114 Å². The zero-order valence-electron chi connectivity index (χ0n) is 18.2. The molecule has 0 aliphatic heterocycles. The summed E-state index contributed by atoms with van der Waals surface area (Å²) in [5, 5.41) is 6.85. The van der Waals surface area contributed by atoms with Crippen LogP contribution in [0.1, 0.15) is 25.8 Å². The van der Waals surface area contributed by atoms with E-state index in [-0.39, 0.29) is 0 Å². The van der Waals surface area contributed by atoms with Gasteiger partial charge in [0.1, 0.15) is 0 Å². The number of benzene rings is 5. The molecule has 1 heteroatoms. The van der Waals surface area contributed by atoms with Gasteiger partial charge in [-0.1, -0.05) is 92.7 Å². The summed E-state index contributed by atoms with van der Waals surface area (Å²) in [6, 6.07) is 37.3. The van der Waals surface area contributed by atoms with Crippen LogP contribution in [0.5, 0.6) is 0 Å². The Morgan fingerprint density at radius 2 is 1.10 bits per heavy atom. The second kappa shape index (κ2) is 8.28. The zero-order valence-corrected chi connectivity index (χ0v) is 18.2. The van der Waals surface area contributed by atoms with Crippen LogP contribution in [0.15, 0.2) is 103 Å². The molecule has 1 aliphatic rings. The molecule has 0 bridgehead atoms. The van der Waals surface area contributed by atoms with Crippen LogP contribution in [-0.4, -0.2) is 0 Å². The molecule has 0 radical (unpaired) electrons. The van der Waals surface area contributed by atoms with Gasteiger partial charge in [0, 0.05) is 22.3 Å². The predicted molar refractivity (Wildman–Crippen MR) is 135 cm³/mol. The Labute approximate surface area is 184 Å². The smallest absolute Gasteiger partial charge is 0.0458 e. The van der Waals surface area contributed by atoms with Gasteiger partial charge in [-0.2, -0.15) is 0 Å². The summed E-state index contributed by atoms with van der Waals surface area (Å²) < 4.78 is 0. The van der Waals surface area contributed by atoms with Crippen LogP contribution < -0.4 is 10.1 Å². The fourth-order valence-electron chi connectivity index (χ4n) is 4.84. The summed E-state index contributed by atoms with van der Waals surface area (Å²) in [6.07, 6.45) is 2.10. The van der Waals surface area contributed by atoms with E-state index in [0.717, 1.165) is 12.8 Å². The van der Waals surface area contributed by atoms with Crippen molar-refractivity contribution in [1.29, 1.82) is 0 Å². The molecule has 152 valence electrons. The van der Waals surface area contributed by atoms with Crippen molar-refractivity contribution >= 4 is 38.6 Å². The standard InChI is InChI=1S/C28H21N.C2H6/c1-3-10-23(11-4-1)29(24-12-5-2-6-13-24)26-19-17-22-15-14-20-8-7-9-21-16-18-25(26)28(22)27(20)21;1-2/h1-16,18H,17,19H2;1-2H3. The Morgan fingerprint density at radius 1 is 0.516 bits per heavy atom. The third-order valence-corrected chi connectivity index (χ3v) is 6.10. The highest BCUT2D eigenvalue weighted by Gasteiger charge is 2.21. The first kappa shape index (κ1) is 19.4. The molecule has 0 atom stereocenters. The average Bonchev–Trinajstić information content (AvgIpc) is 2.86. The summed E-state index contributed by atoms with van der Waals surface area (Å²) >= 11 is 0. The van der Waals surface area contributed by atoms with Gasteiger partial charge >= 0.3 is 0 Å². The number of anilines is 2. The molecule has 1 aliphatic carbocycles. The van der Waals surface area contributed by atoms with E-state index in [1.165, 1.54) is 49.4 Å². The SMILES string of the molecule is CC.c1ccc(N(C2=c3ccc4cccc5ccc(c3c54)CC2)c2ccccc2)cc1. The van der Waals surface area contributed by atoms with Gasteiger partial charge in [0.25, 0.3) is 0 Å². The highest BCUT2D eigenvalue weighted by molar-refractivity contribution is 6.12. The zero-order chi connectivity index (χ0) is 21.2. The lowest BCUT2D eigenvalue weighted by molar-refractivity contribution is 0.973. The molecule has 6 rings (SSSR count). The van der Waals surface area contributed by atoms with Gasteiger partial charge in [-0.15, -0.1) is 0 Å². The first-order valence-electron chi connectivity index (χ1n) is 11.3. The van der Waals surface area contributed by atoms with Crippen molar-refractivity contribution in [3.63, 3.8) is 0 Å². The minimum atomic E-state index is 1.03. The van der Waals surface area contributed by atoms with Crippen LogP contribution >= 0.6 is 0 Å². The van der Waals surface area contributed by atoms with Crippen molar-refractivity contribution in [2.45, 2.75) is 26.7 Å². The topological polar surface area (TPSA) is 3.24 Å². The molecule has 0 fully saturated rings. The third-order valence-electron chi connectivity index (χ3n) is 6.10. The summed E-state index contributed by atoms with van der Waals surface area (Å²) in [4.78, 5) is 2.44. The third kappa shape index (κ3) is 3.27. The lowest BCUT2D eigenvalue weighted by Gasteiger charge is -2.31. The van der Waals surface area contributed by atoms with E-state index in [9.17, 15) is 0 Å². The number of hydrogen-bond donors (Lipinski definition) is 0. The fourth-order valence-corrected chi connectivity index (χ4v) is 4.84. The molecule has 0 N–H and O–H groups in total. The quantitative estimate of drug-likeness (QED) is 0.300. The van der Waals surface area contributed by atoms with Crippen molar-refractivity contribution in [2.24, 2.45) is 0 Å². The van der Waals surface area contributed by atoms with Gasteiger partial charge in [-0.05, 0) is 64.2 Å². The summed E-state index contributed by atoms with van der Waals surface area (Å²) in [5.41, 5.74) is 5.27. The van der Waals surface area contributed by atoms with Crippen molar-refractivity contribution in [1.82, 2.24) is 0 Å². The second-order valence-electron chi connectivity index (χ2n) is 7.75. The molecule has 5 aromatic carbocycles. The number of nitrogens with zero attached hydrogens (tertiary/aromatic N) is 1. The Balaban J connectivity index is 0.000000994. The second-order valence-corrected chi connectivity index (χ2v) is 7.75. The van der Waals surface area contributed by atoms with Gasteiger partial charge in [0.05, 0.1) is 0 Å². The number of hydrogen-bond acceptors (Lipinski definition) is 1. The molecule has 5 aromatic rings. The van der Waals surface area contributed by atoms with E-state index in [0.29, 0.717) is 0 Å². The maximum atomic E-state index is 2.44. The Morgan fingerprint density at radius 3 is 1.71 bits per heavy atom. The van der Waals surface area contributed by atoms with Gasteiger partial charge in [0.15, 0.2) is 0 Å². The molecule has 0 spiro atoms. The van der Waals surface area contributed by atoms with E-state index in [2.05, 4.69) is 108 Å². The van der Waals surface area contributed by atoms with E-state index in [1.807, 2.05) is 13.8 Å². The van der Waals surface area contributed by atoms with E-state index in [4.69, 9.17) is 0 Å². The Bertz CT molecular complexity index is 1330. The maximum absolute atomic E-state index is 2.44. The molecule has 0 unspecified atom stereocenters. The molecule has 0 saturated heterocycles. The average molecular weight is 402 g/mol. The normalized spacial score (nSPS) is 12.5. The van der Waals surface area contributed by atoms with Gasteiger partial charge in [-0.25, -0.2) is 0 Å². The van der Waals surface area contributed by atoms with Crippen LogP contribution in [0.4, 0.5) is 11.4 Å². The number of aryl methyl sites for hydroxylation is 1. The maximum Gasteiger partial charge on any atom is 0.0458 e. The molecule has 31 heavy (non-hydrogen) atoms. The first-order valence-corrected chi connectivity index (χ1v) is 11.3. The van der Waals surface area contributed by atoms with Crippen molar-refractivity contribution in [3.8, 4) is 0 Å². The van der Waals surface area contributed by atoms with E-state index in [1.54, 1.807) is 0 Å². The van der Waals surface area contributed by atoms with Crippen LogP contribution in [0.2, 0.25) is 0 Å². The van der Waals surface area contributed by atoms with Crippen LogP contribution in [-0.2, 0) is 6.42 Å². The number of para-hydroxylation sites is 2. The summed E-state index contributed by atoms with van der Waals surface area (Å²) in [6.45, 7) is 4.00. The molecule has 1 nitrogen and oxygen atoms in total. The van der Waals surface area contributed by atoms with Crippen LogP contribution in [0.25, 0.3) is 27.2 Å². The highest BCUT2D eigenvalue weighted by Crippen LogP contribution is 2.36. The predicted octanol–water partition coefficient (Wildman–Crippen LogP) is 7.63. The molecule has 0 aromatic heterocycles. The molecular weight excluding hydrogens is 374 g/mol. The van der Waals surface area contributed by atoms with Gasteiger partial charge in [-0.3, -0.25) is 0 Å². The van der Waals surface area contributed by atoms with Crippen molar-refractivity contribution < 1.29 is 0 Å². The fraction of sp³-hybridized carbons (Fsp3) is 0.133. The number of rotatable bonds is 3. The molecular formula is C30H27N. The lowest BCUT2D eigenvalue weighted by atomic mass is 9.88. The largest absolute Gasteiger partial charge is 0.314 e. The van der Waals surface area contributed by atoms with Crippen LogP contribution in [0, 0.1) is 0 Å². The Hall–Kier alpha value is -3.58. The molecule has 0 saturated carbocycles. The van der Waals surface area contributed by atoms with Crippen molar-refractivity contribution in [2.75, 3.05) is 4.90 Å². The van der Waals surface area contributed by atoms with Gasteiger partial charge in [0.2, 0.25) is 0 Å². The summed E-state index contributed by atoms with van der Waals surface area (Å²) in [7, 11) is 0. The first-order chi connectivity index (χ1) is 15.4. The Kier molecular flexibility index (Phi) is 5.18. The monoisotopic (exact) mass is 401 g/mol. The minimum absolute atomic E-state index is 1.03.